The van der Waals surface area contributed by atoms with Gasteiger partial charge >= 0.3 is 0 Å². The Bertz CT molecular complexity index is 508. The fraction of sp³-hybridized carbons (Fsp3) is 0.308. The van der Waals surface area contributed by atoms with E-state index < -0.39 is 0 Å². The van der Waals surface area contributed by atoms with Gasteiger partial charge in [0.2, 0.25) is 0 Å². The fourth-order valence-corrected chi connectivity index (χ4v) is 1.96. The summed E-state index contributed by atoms with van der Waals surface area (Å²) < 4.78 is 5.61. The smallest absolute Gasteiger partial charge is 0.145 e. The van der Waals surface area contributed by atoms with Gasteiger partial charge in [-0.05, 0) is 44.0 Å². The van der Waals surface area contributed by atoms with E-state index in [9.17, 15) is 0 Å². The van der Waals surface area contributed by atoms with E-state index >= 15 is 0 Å². The number of hydrogen-bond donors (Lipinski definition) is 2. The van der Waals surface area contributed by atoms with Gasteiger partial charge in [0, 0.05) is 11.6 Å². The molecule has 1 heterocycles. The second-order valence-electron chi connectivity index (χ2n) is 4.08. The molecule has 0 spiro atoms. The first kappa shape index (κ1) is 11.5. The van der Waals surface area contributed by atoms with E-state index in [0.717, 1.165) is 28.1 Å². The highest BCUT2D eigenvalue weighted by atomic mass is 16.5. The van der Waals surface area contributed by atoms with Gasteiger partial charge in [0.1, 0.15) is 11.6 Å². The molecule has 0 radical (unpaired) electrons. The first-order chi connectivity index (χ1) is 8.11. The minimum atomic E-state index is 0.504. The topological polar surface area (TPSA) is 63.9 Å². The minimum Gasteiger partial charge on any atom is -0.493 e. The molecule has 0 fully saturated rings. The zero-order chi connectivity index (χ0) is 12.4. The number of nitrogen functional groups attached to an aromatic ring is 1. The van der Waals surface area contributed by atoms with Crippen molar-refractivity contribution in [2.24, 2.45) is 0 Å². The molecule has 2 rings (SSSR count). The number of hydrogen-bond acceptors (Lipinski definition) is 3. The normalized spacial score (nSPS) is 10.5. The van der Waals surface area contributed by atoms with Crippen LogP contribution in [0.25, 0.3) is 11.3 Å². The summed E-state index contributed by atoms with van der Waals surface area (Å²) in [6.07, 6.45) is 0. The van der Waals surface area contributed by atoms with Crippen molar-refractivity contribution in [1.29, 1.82) is 0 Å². The van der Waals surface area contributed by atoms with Crippen molar-refractivity contribution in [3.63, 3.8) is 0 Å². The Morgan fingerprint density at radius 3 is 2.35 bits per heavy atom. The molecule has 0 bridgehead atoms. The number of aromatic amines is 1. The van der Waals surface area contributed by atoms with Crippen molar-refractivity contribution in [2.75, 3.05) is 12.3 Å². The summed E-state index contributed by atoms with van der Waals surface area (Å²) in [6.45, 7) is 6.75. The molecule has 2 aromatic rings. The van der Waals surface area contributed by atoms with Crippen LogP contribution < -0.4 is 10.5 Å². The number of nitrogens with two attached hydrogens (primary N) is 1. The van der Waals surface area contributed by atoms with Crippen LogP contribution in [-0.4, -0.2) is 16.8 Å². The molecule has 1 aromatic carbocycles. The molecule has 0 saturated carbocycles. The van der Waals surface area contributed by atoms with Crippen LogP contribution in [-0.2, 0) is 0 Å². The van der Waals surface area contributed by atoms with Crippen LogP contribution >= 0.6 is 0 Å². The molecule has 3 N–H and O–H groups in total. The molecule has 0 aliphatic rings. The van der Waals surface area contributed by atoms with Gasteiger partial charge < -0.3 is 10.5 Å². The SMILES string of the molecule is CCOc1c(C)cc(-c2cc(N)n[nH]2)cc1C. The van der Waals surface area contributed by atoms with Crippen LogP contribution in [0.15, 0.2) is 18.2 Å². The maximum absolute atomic E-state index is 5.61. The molecule has 0 amide bonds. The maximum atomic E-state index is 5.61. The van der Waals surface area contributed by atoms with Gasteiger partial charge in [-0.15, -0.1) is 0 Å². The maximum Gasteiger partial charge on any atom is 0.145 e. The van der Waals surface area contributed by atoms with Crippen LogP contribution in [0.5, 0.6) is 5.75 Å². The van der Waals surface area contributed by atoms with Crippen molar-refractivity contribution >= 4 is 5.82 Å². The molecule has 4 heteroatoms. The monoisotopic (exact) mass is 231 g/mol. The third kappa shape index (κ3) is 2.25. The Kier molecular flexibility index (Phi) is 3.04. The van der Waals surface area contributed by atoms with Crippen molar-refractivity contribution in [1.82, 2.24) is 10.2 Å². The van der Waals surface area contributed by atoms with E-state index in [2.05, 4.69) is 22.3 Å². The summed E-state index contributed by atoms with van der Waals surface area (Å²) in [6, 6.07) is 5.98. The molecule has 90 valence electrons. The lowest BCUT2D eigenvalue weighted by molar-refractivity contribution is 0.335. The number of aryl methyl sites for hydroxylation is 2. The van der Waals surface area contributed by atoms with E-state index in [1.807, 2.05) is 26.8 Å². The number of aromatic nitrogens is 2. The van der Waals surface area contributed by atoms with Crippen LogP contribution in [0, 0.1) is 13.8 Å². The Labute approximate surface area is 101 Å². The molecule has 0 atom stereocenters. The molecule has 4 nitrogen and oxygen atoms in total. The standard InChI is InChI=1S/C13H17N3O/c1-4-17-13-8(2)5-10(6-9(13)3)11-7-12(14)16-15-11/h5-7H,4H2,1-3H3,(H3,14,15,16). The Hall–Kier alpha value is -1.97. The molecule has 0 aliphatic heterocycles. The van der Waals surface area contributed by atoms with Gasteiger partial charge in [-0.25, -0.2) is 0 Å². The van der Waals surface area contributed by atoms with E-state index in [1.54, 1.807) is 0 Å². The first-order valence-electron chi connectivity index (χ1n) is 5.67. The van der Waals surface area contributed by atoms with E-state index in [4.69, 9.17) is 10.5 Å². The van der Waals surface area contributed by atoms with Crippen LogP contribution in [0.4, 0.5) is 5.82 Å². The highest BCUT2D eigenvalue weighted by Gasteiger charge is 2.08. The van der Waals surface area contributed by atoms with Gasteiger partial charge in [0.15, 0.2) is 0 Å². The molecular weight excluding hydrogens is 214 g/mol. The molecule has 0 aliphatic carbocycles. The minimum absolute atomic E-state index is 0.504. The van der Waals surface area contributed by atoms with Crippen molar-refractivity contribution in [2.45, 2.75) is 20.8 Å². The third-order valence-corrected chi connectivity index (χ3v) is 2.66. The Balaban J connectivity index is 2.45. The van der Waals surface area contributed by atoms with Gasteiger partial charge in [0.25, 0.3) is 0 Å². The first-order valence-corrected chi connectivity index (χ1v) is 5.67. The summed E-state index contributed by atoms with van der Waals surface area (Å²) in [5.41, 5.74) is 9.85. The summed E-state index contributed by atoms with van der Waals surface area (Å²) >= 11 is 0. The zero-order valence-corrected chi connectivity index (χ0v) is 10.4. The average Bonchev–Trinajstić information content (AvgIpc) is 2.70. The van der Waals surface area contributed by atoms with Crippen LogP contribution in [0.3, 0.4) is 0 Å². The number of H-pyrrole nitrogens is 1. The summed E-state index contributed by atoms with van der Waals surface area (Å²) in [5.74, 6) is 1.47. The van der Waals surface area contributed by atoms with Gasteiger partial charge in [-0.1, -0.05) is 0 Å². The number of ether oxygens (including phenoxy) is 1. The number of nitrogens with one attached hydrogen (secondary N) is 1. The molecule has 1 aromatic heterocycles. The molecule has 17 heavy (non-hydrogen) atoms. The van der Waals surface area contributed by atoms with Gasteiger partial charge in [-0.3, -0.25) is 5.10 Å². The summed E-state index contributed by atoms with van der Waals surface area (Å²) in [4.78, 5) is 0. The lowest BCUT2D eigenvalue weighted by atomic mass is 10.0. The molecule has 0 unspecified atom stereocenters. The molecule has 0 saturated heterocycles. The largest absolute Gasteiger partial charge is 0.493 e. The van der Waals surface area contributed by atoms with E-state index in [1.165, 1.54) is 0 Å². The highest BCUT2D eigenvalue weighted by molar-refractivity contribution is 5.66. The fourth-order valence-electron chi connectivity index (χ4n) is 1.96. The third-order valence-electron chi connectivity index (χ3n) is 2.66. The Morgan fingerprint density at radius 1 is 1.24 bits per heavy atom. The van der Waals surface area contributed by atoms with Crippen molar-refractivity contribution in [3.8, 4) is 17.0 Å². The van der Waals surface area contributed by atoms with Crippen LogP contribution in [0.2, 0.25) is 0 Å². The summed E-state index contributed by atoms with van der Waals surface area (Å²) in [7, 11) is 0. The second kappa shape index (κ2) is 4.49. The second-order valence-corrected chi connectivity index (χ2v) is 4.08. The van der Waals surface area contributed by atoms with Crippen molar-refractivity contribution < 1.29 is 4.74 Å². The lowest BCUT2D eigenvalue weighted by Crippen LogP contribution is -1.97. The van der Waals surface area contributed by atoms with E-state index in [0.29, 0.717) is 12.4 Å². The quantitative estimate of drug-likeness (QED) is 0.853. The van der Waals surface area contributed by atoms with Gasteiger partial charge in [0.05, 0.1) is 12.3 Å². The average molecular weight is 231 g/mol. The number of anilines is 1. The lowest BCUT2D eigenvalue weighted by Gasteiger charge is -2.12. The predicted molar refractivity (Wildman–Crippen MR) is 69.1 cm³/mol. The number of benzene rings is 1. The number of rotatable bonds is 3. The Morgan fingerprint density at radius 2 is 1.88 bits per heavy atom. The van der Waals surface area contributed by atoms with Crippen molar-refractivity contribution in [3.05, 3.63) is 29.3 Å². The molecular formula is C13H17N3O. The number of nitrogens with zero attached hydrogens (tertiary/aromatic N) is 1. The summed E-state index contributed by atoms with van der Waals surface area (Å²) in [5, 5.41) is 6.84. The van der Waals surface area contributed by atoms with Crippen LogP contribution in [0.1, 0.15) is 18.1 Å². The van der Waals surface area contributed by atoms with E-state index in [-0.39, 0.29) is 0 Å². The predicted octanol–water partition coefficient (Wildman–Crippen LogP) is 2.67. The zero-order valence-electron chi connectivity index (χ0n) is 10.4. The van der Waals surface area contributed by atoms with Gasteiger partial charge in [-0.2, -0.15) is 5.10 Å². The highest BCUT2D eigenvalue weighted by Crippen LogP contribution is 2.29.